The lowest BCUT2D eigenvalue weighted by Gasteiger charge is -2.39. The molecule has 2 rings (SSSR count). The molecule has 23 heavy (non-hydrogen) atoms. The fraction of sp³-hybridized carbons (Fsp3) is 0.444. The number of amides is 1. The number of piperidine rings is 1. The molecule has 5 heteroatoms. The molecular formula is C18H23NO4. The van der Waals surface area contributed by atoms with Crippen molar-refractivity contribution in [1.29, 1.82) is 0 Å². The average Bonchev–Trinajstić information content (AvgIpc) is 2.58. The highest BCUT2D eigenvalue weighted by Crippen LogP contribution is 2.25. The quantitative estimate of drug-likeness (QED) is 0.617. The maximum Gasteiger partial charge on any atom is 0.410 e. The van der Waals surface area contributed by atoms with E-state index >= 15 is 0 Å². The number of benzene rings is 1. The van der Waals surface area contributed by atoms with E-state index in [1.165, 1.54) is 6.92 Å². The minimum absolute atomic E-state index is 0.0902. The number of hydrogen-bond donors (Lipinski definition) is 0. The Morgan fingerprint density at radius 3 is 2.65 bits per heavy atom. The number of carbonyl (C=O) groups excluding carboxylic acids is 2. The number of rotatable bonds is 5. The summed E-state index contributed by atoms with van der Waals surface area (Å²) in [6.45, 7) is 5.59. The number of likely N-dealkylation sites (tertiary alicyclic amines) is 1. The van der Waals surface area contributed by atoms with Crippen LogP contribution in [0.1, 0.15) is 31.7 Å². The van der Waals surface area contributed by atoms with Gasteiger partial charge in [-0.15, -0.1) is 6.58 Å². The van der Waals surface area contributed by atoms with Gasteiger partial charge in [-0.05, 0) is 24.8 Å². The van der Waals surface area contributed by atoms with Gasteiger partial charge in [0.05, 0.1) is 12.1 Å². The second-order valence-electron chi connectivity index (χ2n) is 5.64. The first kappa shape index (κ1) is 17.1. The number of nitrogens with zero attached hydrogens (tertiary/aromatic N) is 1. The summed E-state index contributed by atoms with van der Waals surface area (Å²) in [6.07, 6.45) is 3.96. The molecular weight excluding hydrogens is 294 g/mol. The minimum Gasteiger partial charge on any atom is -0.464 e. The van der Waals surface area contributed by atoms with Crippen molar-refractivity contribution in [3.8, 4) is 0 Å². The van der Waals surface area contributed by atoms with Crippen LogP contribution < -0.4 is 0 Å². The predicted octanol–water partition coefficient (Wildman–Crippen LogP) is 3.30. The van der Waals surface area contributed by atoms with Crippen molar-refractivity contribution in [3.05, 3.63) is 48.6 Å². The number of esters is 1. The third-order valence-corrected chi connectivity index (χ3v) is 3.95. The van der Waals surface area contributed by atoms with Gasteiger partial charge in [0.2, 0.25) is 0 Å². The van der Waals surface area contributed by atoms with Gasteiger partial charge in [-0.3, -0.25) is 9.69 Å². The van der Waals surface area contributed by atoms with E-state index in [-0.39, 0.29) is 31.3 Å². The van der Waals surface area contributed by atoms with Crippen LogP contribution in [-0.4, -0.2) is 35.7 Å². The molecule has 1 amide bonds. The van der Waals surface area contributed by atoms with Crippen molar-refractivity contribution in [2.45, 2.75) is 44.9 Å². The Morgan fingerprint density at radius 2 is 2.00 bits per heavy atom. The molecule has 0 N–H and O–H groups in total. The summed E-state index contributed by atoms with van der Waals surface area (Å²) in [5, 5.41) is 0. The summed E-state index contributed by atoms with van der Waals surface area (Å²) in [5.41, 5.74) is 0.935. The summed E-state index contributed by atoms with van der Waals surface area (Å²) in [5.74, 6) is -0.344. The normalized spacial score (nSPS) is 20.7. The monoisotopic (exact) mass is 317 g/mol. The SMILES string of the molecule is C=C[C@H]1CCC[C@@H](COC(C)=O)N1C(=O)OCc1ccccc1. The smallest absolute Gasteiger partial charge is 0.410 e. The van der Waals surface area contributed by atoms with E-state index in [1.807, 2.05) is 30.3 Å². The predicted molar refractivity (Wildman–Crippen MR) is 86.7 cm³/mol. The van der Waals surface area contributed by atoms with Crippen LogP contribution in [0.2, 0.25) is 0 Å². The standard InChI is InChI=1S/C18H23NO4/c1-3-16-10-7-11-17(13-22-14(2)20)19(16)18(21)23-12-15-8-5-4-6-9-15/h3-6,8-9,16-17H,1,7,10-13H2,2H3/t16-,17-/m0/s1. The number of ether oxygens (including phenoxy) is 2. The molecule has 1 aromatic rings. The van der Waals surface area contributed by atoms with Gasteiger partial charge in [-0.2, -0.15) is 0 Å². The maximum atomic E-state index is 12.5. The van der Waals surface area contributed by atoms with Crippen LogP contribution in [0.3, 0.4) is 0 Å². The van der Waals surface area contributed by atoms with Gasteiger partial charge >= 0.3 is 12.1 Å². The molecule has 0 aromatic heterocycles. The van der Waals surface area contributed by atoms with E-state index in [9.17, 15) is 9.59 Å². The Bertz CT molecular complexity index is 543. The molecule has 1 aliphatic heterocycles. The van der Waals surface area contributed by atoms with Crippen molar-refractivity contribution in [2.75, 3.05) is 6.61 Å². The fourth-order valence-electron chi connectivity index (χ4n) is 2.80. The Kier molecular flexibility index (Phi) is 6.20. The van der Waals surface area contributed by atoms with E-state index < -0.39 is 6.09 Å². The van der Waals surface area contributed by atoms with Gasteiger partial charge in [0.25, 0.3) is 0 Å². The molecule has 0 saturated carbocycles. The molecule has 0 unspecified atom stereocenters. The van der Waals surface area contributed by atoms with Gasteiger partial charge < -0.3 is 9.47 Å². The van der Waals surface area contributed by atoms with Crippen molar-refractivity contribution >= 4 is 12.1 Å². The average molecular weight is 317 g/mol. The zero-order valence-corrected chi connectivity index (χ0v) is 13.4. The zero-order valence-electron chi connectivity index (χ0n) is 13.4. The van der Waals surface area contributed by atoms with Crippen molar-refractivity contribution in [2.24, 2.45) is 0 Å². The Morgan fingerprint density at radius 1 is 1.26 bits per heavy atom. The van der Waals surface area contributed by atoms with Crippen LogP contribution in [0.25, 0.3) is 0 Å². The van der Waals surface area contributed by atoms with Gasteiger partial charge in [0.15, 0.2) is 0 Å². The molecule has 1 fully saturated rings. The van der Waals surface area contributed by atoms with Crippen LogP contribution in [0.5, 0.6) is 0 Å². The highest BCUT2D eigenvalue weighted by molar-refractivity contribution is 5.69. The first-order valence-corrected chi connectivity index (χ1v) is 7.86. The summed E-state index contributed by atoms with van der Waals surface area (Å²) >= 11 is 0. The van der Waals surface area contributed by atoms with Crippen molar-refractivity contribution in [1.82, 2.24) is 4.90 Å². The largest absolute Gasteiger partial charge is 0.464 e. The third-order valence-electron chi connectivity index (χ3n) is 3.95. The Labute approximate surface area is 136 Å². The first-order valence-electron chi connectivity index (χ1n) is 7.86. The Balaban J connectivity index is 2.01. The lowest BCUT2D eigenvalue weighted by Crippen LogP contribution is -2.51. The molecule has 1 aromatic carbocycles. The van der Waals surface area contributed by atoms with Crippen LogP contribution in [0.15, 0.2) is 43.0 Å². The summed E-state index contributed by atoms with van der Waals surface area (Å²) in [7, 11) is 0. The van der Waals surface area contributed by atoms with Crippen LogP contribution in [0, 0.1) is 0 Å². The zero-order chi connectivity index (χ0) is 16.7. The third kappa shape index (κ3) is 4.84. The lowest BCUT2D eigenvalue weighted by atomic mass is 9.96. The second kappa shape index (κ2) is 8.36. The molecule has 0 bridgehead atoms. The topological polar surface area (TPSA) is 55.8 Å². The molecule has 0 spiro atoms. The minimum atomic E-state index is -0.393. The summed E-state index contributed by atoms with van der Waals surface area (Å²) < 4.78 is 10.5. The first-order chi connectivity index (χ1) is 11.1. The van der Waals surface area contributed by atoms with Crippen LogP contribution in [-0.2, 0) is 20.9 Å². The van der Waals surface area contributed by atoms with Gasteiger partial charge in [0, 0.05) is 6.92 Å². The van der Waals surface area contributed by atoms with E-state index in [2.05, 4.69) is 6.58 Å². The van der Waals surface area contributed by atoms with Gasteiger partial charge in [0.1, 0.15) is 13.2 Å². The molecule has 1 saturated heterocycles. The van der Waals surface area contributed by atoms with Crippen molar-refractivity contribution < 1.29 is 19.1 Å². The molecule has 1 aliphatic rings. The lowest BCUT2D eigenvalue weighted by molar-refractivity contribution is -0.143. The highest BCUT2D eigenvalue weighted by atomic mass is 16.6. The molecule has 1 heterocycles. The molecule has 0 radical (unpaired) electrons. The highest BCUT2D eigenvalue weighted by Gasteiger charge is 2.34. The van der Waals surface area contributed by atoms with E-state index in [1.54, 1.807) is 11.0 Å². The second-order valence-corrected chi connectivity index (χ2v) is 5.64. The molecule has 2 atom stereocenters. The molecule has 5 nitrogen and oxygen atoms in total. The van der Waals surface area contributed by atoms with Crippen molar-refractivity contribution in [3.63, 3.8) is 0 Å². The van der Waals surface area contributed by atoms with E-state index in [0.717, 1.165) is 24.8 Å². The van der Waals surface area contributed by atoms with Gasteiger partial charge in [-0.1, -0.05) is 36.4 Å². The number of hydrogen-bond acceptors (Lipinski definition) is 4. The summed E-state index contributed by atoms with van der Waals surface area (Å²) in [4.78, 5) is 25.2. The van der Waals surface area contributed by atoms with E-state index in [0.29, 0.717) is 0 Å². The summed E-state index contributed by atoms with van der Waals surface area (Å²) in [6, 6.07) is 9.28. The molecule has 0 aliphatic carbocycles. The fourth-order valence-corrected chi connectivity index (χ4v) is 2.80. The molecule has 124 valence electrons. The number of carbonyl (C=O) groups is 2. The Hall–Kier alpha value is -2.30. The maximum absolute atomic E-state index is 12.5. The van der Waals surface area contributed by atoms with Gasteiger partial charge in [-0.25, -0.2) is 4.79 Å². The van der Waals surface area contributed by atoms with E-state index in [4.69, 9.17) is 9.47 Å². The van der Waals surface area contributed by atoms with Crippen LogP contribution >= 0.6 is 0 Å². The van der Waals surface area contributed by atoms with Crippen LogP contribution in [0.4, 0.5) is 4.79 Å².